The van der Waals surface area contributed by atoms with Gasteiger partial charge in [0.1, 0.15) is 5.37 Å². The fourth-order valence-electron chi connectivity index (χ4n) is 2.95. The maximum Gasteiger partial charge on any atom is 0.240 e. The smallest absolute Gasteiger partial charge is 0.240 e. The van der Waals surface area contributed by atoms with Crippen molar-refractivity contribution >= 4 is 79.1 Å². The summed E-state index contributed by atoms with van der Waals surface area (Å²) in [5.41, 5.74) is 1.26. The Labute approximate surface area is 207 Å². The molecule has 1 aliphatic rings. The van der Waals surface area contributed by atoms with Crippen LogP contribution in [0.2, 0.25) is 5.02 Å². The van der Waals surface area contributed by atoms with Crippen LogP contribution in [0.4, 0.5) is 10.8 Å². The van der Waals surface area contributed by atoms with Gasteiger partial charge >= 0.3 is 0 Å². The molecule has 2 amide bonds. The van der Waals surface area contributed by atoms with Crippen molar-refractivity contribution in [2.75, 3.05) is 21.7 Å². The number of primary sulfonamides is 1. The molecule has 172 valence electrons. The number of hydrogen-bond acceptors (Lipinski definition) is 9. The van der Waals surface area contributed by atoms with Crippen LogP contribution >= 0.6 is 46.5 Å². The molecule has 4 rings (SSSR count). The van der Waals surface area contributed by atoms with Crippen LogP contribution in [0, 0.1) is 0 Å². The van der Waals surface area contributed by atoms with Crippen LogP contribution in [0.15, 0.2) is 57.8 Å². The predicted molar refractivity (Wildman–Crippen MR) is 131 cm³/mol. The summed E-state index contributed by atoms with van der Waals surface area (Å²) in [6.07, 6.45) is 0. The summed E-state index contributed by atoms with van der Waals surface area (Å²) in [7, 11) is -3.79. The number of rotatable bonds is 7. The monoisotopic (exact) mass is 541 g/mol. The molecule has 1 unspecified atom stereocenters. The number of nitrogens with zero attached hydrogens (tertiary/aromatic N) is 3. The van der Waals surface area contributed by atoms with Crippen LogP contribution in [0.3, 0.4) is 0 Å². The number of amides is 2. The molecule has 1 atom stereocenters. The van der Waals surface area contributed by atoms with E-state index >= 15 is 0 Å². The fourth-order valence-corrected chi connectivity index (χ4v) is 6.71. The van der Waals surface area contributed by atoms with Gasteiger partial charge in [-0.3, -0.25) is 14.5 Å². The highest BCUT2D eigenvalue weighted by atomic mass is 35.5. The molecule has 0 radical (unpaired) electrons. The number of nitrogens with one attached hydrogen (secondary N) is 1. The molecule has 1 saturated heterocycles. The summed E-state index contributed by atoms with van der Waals surface area (Å²) in [5.74, 6) is -0.0209. The summed E-state index contributed by atoms with van der Waals surface area (Å²) < 4.78 is 23.1. The van der Waals surface area contributed by atoms with Gasteiger partial charge in [-0.1, -0.05) is 52.9 Å². The van der Waals surface area contributed by atoms with Crippen molar-refractivity contribution in [1.82, 2.24) is 10.2 Å². The van der Waals surface area contributed by atoms with E-state index in [0.717, 1.165) is 5.56 Å². The predicted octanol–water partition coefficient (Wildman–Crippen LogP) is 3.35. The molecule has 0 aliphatic carbocycles. The van der Waals surface area contributed by atoms with Crippen LogP contribution < -0.4 is 15.4 Å². The van der Waals surface area contributed by atoms with Gasteiger partial charge in [0.15, 0.2) is 4.34 Å². The Bertz CT molecular complexity index is 1300. The third-order valence-corrected chi connectivity index (χ3v) is 8.96. The minimum absolute atomic E-state index is 0.0408. The van der Waals surface area contributed by atoms with Gasteiger partial charge in [-0.2, -0.15) is 0 Å². The molecule has 3 aromatic rings. The number of aromatic nitrogens is 2. The summed E-state index contributed by atoms with van der Waals surface area (Å²) in [5, 5.41) is 16.7. The molecule has 1 aromatic heterocycles. The van der Waals surface area contributed by atoms with Gasteiger partial charge in [0.25, 0.3) is 0 Å². The van der Waals surface area contributed by atoms with Crippen molar-refractivity contribution in [1.29, 1.82) is 0 Å². The summed E-state index contributed by atoms with van der Waals surface area (Å²) >= 11 is 10.2. The van der Waals surface area contributed by atoms with Crippen molar-refractivity contribution in [2.24, 2.45) is 5.14 Å². The Morgan fingerprint density at radius 2 is 1.94 bits per heavy atom. The maximum absolute atomic E-state index is 12.5. The molecule has 1 fully saturated rings. The Morgan fingerprint density at radius 3 is 2.64 bits per heavy atom. The molecule has 14 heteroatoms. The Kier molecular flexibility index (Phi) is 7.26. The van der Waals surface area contributed by atoms with E-state index < -0.39 is 10.0 Å². The van der Waals surface area contributed by atoms with E-state index in [0.29, 0.717) is 25.9 Å². The molecule has 2 aromatic carbocycles. The van der Waals surface area contributed by atoms with Crippen molar-refractivity contribution in [3.05, 3.63) is 59.1 Å². The first-order valence-corrected chi connectivity index (χ1v) is 14.1. The van der Waals surface area contributed by atoms with Gasteiger partial charge < -0.3 is 5.32 Å². The fraction of sp³-hybridized carbons (Fsp3) is 0.158. The number of benzene rings is 2. The van der Waals surface area contributed by atoms with Gasteiger partial charge in [-0.25, -0.2) is 13.6 Å². The molecular formula is C19H16ClN5O4S4. The lowest BCUT2D eigenvalue weighted by atomic mass is 10.2. The number of sulfonamides is 1. The molecule has 0 spiro atoms. The molecule has 2 heterocycles. The second-order valence-corrected chi connectivity index (χ2v) is 11.9. The Hall–Kier alpha value is -2.16. The van der Waals surface area contributed by atoms with E-state index in [2.05, 4.69) is 15.5 Å². The van der Waals surface area contributed by atoms with Crippen molar-refractivity contribution in [3.63, 3.8) is 0 Å². The highest BCUT2D eigenvalue weighted by Crippen LogP contribution is 2.45. The topological polar surface area (TPSA) is 135 Å². The zero-order valence-corrected chi connectivity index (χ0v) is 20.7. The summed E-state index contributed by atoms with van der Waals surface area (Å²) in [6, 6.07) is 12.9. The zero-order valence-electron chi connectivity index (χ0n) is 16.7. The van der Waals surface area contributed by atoms with Crippen LogP contribution in [0.25, 0.3) is 0 Å². The van der Waals surface area contributed by atoms with Gasteiger partial charge in [0, 0.05) is 16.3 Å². The number of nitrogens with two attached hydrogens (primary N) is 1. The van der Waals surface area contributed by atoms with Crippen molar-refractivity contribution < 1.29 is 18.0 Å². The largest absolute Gasteiger partial charge is 0.325 e. The Balaban J connectivity index is 1.39. The van der Waals surface area contributed by atoms with E-state index in [9.17, 15) is 18.0 Å². The molecule has 3 N–H and O–H groups in total. The first kappa shape index (κ1) is 24.0. The minimum Gasteiger partial charge on any atom is -0.325 e. The maximum atomic E-state index is 12.5. The zero-order chi connectivity index (χ0) is 23.6. The van der Waals surface area contributed by atoms with Crippen LogP contribution in [-0.2, 0) is 19.6 Å². The highest BCUT2D eigenvalue weighted by Gasteiger charge is 2.37. The van der Waals surface area contributed by atoms with Gasteiger partial charge in [0.05, 0.1) is 16.4 Å². The van der Waals surface area contributed by atoms with Gasteiger partial charge in [-0.05, 0) is 30.3 Å². The number of anilines is 2. The minimum atomic E-state index is -3.79. The van der Waals surface area contributed by atoms with E-state index in [-0.39, 0.29) is 27.8 Å². The molecule has 0 bridgehead atoms. The molecule has 33 heavy (non-hydrogen) atoms. The third kappa shape index (κ3) is 5.67. The van der Waals surface area contributed by atoms with Crippen molar-refractivity contribution in [3.8, 4) is 0 Å². The Morgan fingerprint density at radius 1 is 1.21 bits per heavy atom. The van der Waals surface area contributed by atoms with E-state index in [1.165, 1.54) is 59.1 Å². The lowest BCUT2D eigenvalue weighted by molar-refractivity contribution is -0.116. The molecule has 0 saturated carbocycles. The van der Waals surface area contributed by atoms with E-state index in [4.69, 9.17) is 16.7 Å². The first-order valence-electron chi connectivity index (χ1n) is 9.29. The highest BCUT2D eigenvalue weighted by molar-refractivity contribution is 8.01. The van der Waals surface area contributed by atoms with Crippen LogP contribution in [-0.4, -0.2) is 41.9 Å². The third-order valence-electron chi connectivity index (χ3n) is 4.43. The molecular weight excluding hydrogens is 526 g/mol. The second kappa shape index (κ2) is 9.99. The standard InChI is InChI=1S/C19H16ClN5O4S4/c20-14-4-2-1-3-13(14)17-25(16(27)10-30-17)18-23-24-19(32-18)31-9-15(26)22-11-5-7-12(8-6-11)33(21,28)29/h1-8,17H,9-10H2,(H,22,26)(H2,21,28,29). The lowest BCUT2D eigenvalue weighted by Gasteiger charge is -2.21. The quantitative estimate of drug-likeness (QED) is 0.343. The lowest BCUT2D eigenvalue weighted by Crippen LogP contribution is -2.27. The number of halogens is 1. The second-order valence-electron chi connectivity index (χ2n) is 6.71. The molecule has 1 aliphatic heterocycles. The van der Waals surface area contributed by atoms with E-state index in [1.54, 1.807) is 11.0 Å². The number of carbonyl (C=O) groups is 2. The number of thioether (sulfide) groups is 2. The van der Waals surface area contributed by atoms with Crippen LogP contribution in [0.5, 0.6) is 0 Å². The average molecular weight is 542 g/mol. The van der Waals surface area contributed by atoms with Crippen molar-refractivity contribution in [2.45, 2.75) is 14.6 Å². The SMILES string of the molecule is NS(=O)(=O)c1ccc(NC(=O)CSc2nnc(N3C(=O)CSC3c3ccccc3Cl)s2)cc1. The van der Waals surface area contributed by atoms with Crippen LogP contribution in [0.1, 0.15) is 10.9 Å². The van der Waals surface area contributed by atoms with Gasteiger partial charge in [0.2, 0.25) is 27.0 Å². The normalized spacial score (nSPS) is 16.2. The van der Waals surface area contributed by atoms with E-state index in [1.807, 2.05) is 18.2 Å². The average Bonchev–Trinajstić information content (AvgIpc) is 3.38. The first-order chi connectivity index (χ1) is 15.7. The van der Waals surface area contributed by atoms with Gasteiger partial charge in [-0.15, -0.1) is 22.0 Å². The number of hydrogen-bond donors (Lipinski definition) is 2. The number of carbonyl (C=O) groups excluding carboxylic acids is 2. The molecule has 9 nitrogen and oxygen atoms in total. The summed E-state index contributed by atoms with van der Waals surface area (Å²) in [6.45, 7) is 0. The summed E-state index contributed by atoms with van der Waals surface area (Å²) in [4.78, 5) is 26.3.